The lowest BCUT2D eigenvalue weighted by Gasteiger charge is -2.33. The largest absolute Gasteiger partial charge is 0.481 e. The molecule has 0 unspecified atom stereocenters. The Balaban J connectivity index is 1.70. The Bertz CT molecular complexity index is 468. The average Bonchev–Trinajstić information content (AvgIpc) is 2.48. The number of nitrogens with one attached hydrogen (secondary N) is 1. The summed E-state index contributed by atoms with van der Waals surface area (Å²) in [5, 5.41) is 12.1. The van der Waals surface area contributed by atoms with E-state index in [1.54, 1.807) is 0 Å². The summed E-state index contributed by atoms with van der Waals surface area (Å²) in [5.41, 5.74) is 1.11. The quantitative estimate of drug-likeness (QED) is 0.843. The highest BCUT2D eigenvalue weighted by Gasteiger charge is 2.22. The number of hydrogen-bond donors (Lipinski definition) is 2. The second kappa shape index (κ2) is 7.67. The van der Waals surface area contributed by atoms with E-state index in [1.807, 2.05) is 35.2 Å². The molecule has 0 aliphatic carbocycles. The van der Waals surface area contributed by atoms with Crippen LogP contribution in [0.1, 0.15) is 32.1 Å². The van der Waals surface area contributed by atoms with Crippen LogP contribution in [0.4, 0.5) is 5.69 Å². The van der Waals surface area contributed by atoms with Crippen LogP contribution in [0.25, 0.3) is 0 Å². The minimum atomic E-state index is -0.839. The van der Waals surface area contributed by atoms with E-state index in [1.165, 1.54) is 0 Å². The summed E-state index contributed by atoms with van der Waals surface area (Å²) >= 11 is 0. The van der Waals surface area contributed by atoms with Crippen molar-refractivity contribution in [3.8, 4) is 0 Å². The van der Waals surface area contributed by atoms with Gasteiger partial charge in [-0.1, -0.05) is 18.2 Å². The summed E-state index contributed by atoms with van der Waals surface area (Å²) in [7, 11) is 0. The first-order valence-electron chi connectivity index (χ1n) is 7.46. The minimum Gasteiger partial charge on any atom is -0.481 e. The maximum atomic E-state index is 12.0. The number of carbonyl (C=O) groups excluding carboxylic acids is 1. The lowest BCUT2D eigenvalue weighted by Crippen LogP contribution is -2.42. The smallest absolute Gasteiger partial charge is 0.303 e. The monoisotopic (exact) mass is 290 g/mol. The van der Waals surface area contributed by atoms with Crippen molar-refractivity contribution in [2.45, 2.75) is 38.1 Å². The predicted molar refractivity (Wildman–Crippen MR) is 81.2 cm³/mol. The summed E-state index contributed by atoms with van der Waals surface area (Å²) in [6, 6.07) is 10.5. The number of carbonyl (C=O) groups is 2. The molecule has 1 aliphatic heterocycles. The van der Waals surface area contributed by atoms with E-state index < -0.39 is 5.97 Å². The van der Waals surface area contributed by atoms with Crippen molar-refractivity contribution < 1.29 is 14.7 Å². The van der Waals surface area contributed by atoms with E-state index in [9.17, 15) is 9.59 Å². The zero-order chi connectivity index (χ0) is 15.1. The summed E-state index contributed by atoms with van der Waals surface area (Å²) < 4.78 is 0. The van der Waals surface area contributed by atoms with Crippen molar-refractivity contribution in [3.63, 3.8) is 0 Å². The van der Waals surface area contributed by atoms with Gasteiger partial charge in [-0.25, -0.2) is 0 Å². The molecule has 0 bridgehead atoms. The van der Waals surface area contributed by atoms with Crippen LogP contribution in [0.2, 0.25) is 0 Å². The Morgan fingerprint density at radius 1 is 1.14 bits per heavy atom. The van der Waals surface area contributed by atoms with Crippen molar-refractivity contribution in [1.29, 1.82) is 0 Å². The number of piperidine rings is 1. The van der Waals surface area contributed by atoms with E-state index in [0.717, 1.165) is 31.6 Å². The molecular weight excluding hydrogens is 268 g/mol. The second-order valence-corrected chi connectivity index (χ2v) is 5.41. The molecule has 5 nitrogen and oxygen atoms in total. The molecular formula is C16H22N2O3. The van der Waals surface area contributed by atoms with Crippen LogP contribution in [0.15, 0.2) is 30.3 Å². The van der Waals surface area contributed by atoms with Gasteiger partial charge in [0.1, 0.15) is 0 Å². The van der Waals surface area contributed by atoms with Crippen molar-refractivity contribution in [2.24, 2.45) is 0 Å². The van der Waals surface area contributed by atoms with Crippen LogP contribution in [0.3, 0.4) is 0 Å². The number of likely N-dealkylation sites (tertiary alicyclic amines) is 1. The summed E-state index contributed by atoms with van der Waals surface area (Å²) in [6.07, 6.45) is 2.69. The number of para-hydroxylation sites is 1. The molecule has 0 saturated carbocycles. The highest BCUT2D eigenvalue weighted by atomic mass is 16.4. The zero-order valence-electron chi connectivity index (χ0n) is 12.1. The molecule has 1 amide bonds. The number of carboxylic acids is 1. The molecule has 0 spiro atoms. The summed E-state index contributed by atoms with van der Waals surface area (Å²) in [4.78, 5) is 24.2. The number of benzene rings is 1. The molecule has 21 heavy (non-hydrogen) atoms. The molecule has 1 fully saturated rings. The molecule has 114 valence electrons. The molecule has 1 aromatic rings. The molecule has 1 heterocycles. The summed E-state index contributed by atoms with van der Waals surface area (Å²) in [5.74, 6) is -0.761. The molecule has 5 heteroatoms. The Kier molecular flexibility index (Phi) is 5.60. The van der Waals surface area contributed by atoms with Gasteiger partial charge in [0.15, 0.2) is 0 Å². The van der Waals surface area contributed by atoms with Crippen molar-refractivity contribution in [1.82, 2.24) is 4.90 Å². The van der Waals surface area contributed by atoms with Crippen LogP contribution in [0.5, 0.6) is 0 Å². The van der Waals surface area contributed by atoms with Crippen LogP contribution < -0.4 is 5.32 Å². The van der Waals surface area contributed by atoms with E-state index in [2.05, 4.69) is 5.32 Å². The molecule has 0 atom stereocenters. The lowest BCUT2D eigenvalue weighted by atomic mass is 10.0. The van der Waals surface area contributed by atoms with Gasteiger partial charge in [0.25, 0.3) is 0 Å². The number of nitrogens with zero attached hydrogens (tertiary/aromatic N) is 1. The van der Waals surface area contributed by atoms with Crippen LogP contribution in [0, 0.1) is 0 Å². The first kappa shape index (κ1) is 15.4. The molecule has 1 saturated heterocycles. The van der Waals surface area contributed by atoms with Gasteiger partial charge in [-0.3, -0.25) is 9.59 Å². The molecule has 1 aromatic carbocycles. The van der Waals surface area contributed by atoms with Gasteiger partial charge in [-0.2, -0.15) is 0 Å². The van der Waals surface area contributed by atoms with Gasteiger partial charge in [0.05, 0.1) is 0 Å². The molecule has 2 rings (SSSR count). The number of carboxylic acid groups (broad SMARTS) is 1. The fraction of sp³-hybridized carbons (Fsp3) is 0.500. The molecule has 2 N–H and O–H groups in total. The average molecular weight is 290 g/mol. The van der Waals surface area contributed by atoms with Crippen LogP contribution in [-0.2, 0) is 9.59 Å². The third-order valence-corrected chi connectivity index (χ3v) is 3.77. The summed E-state index contributed by atoms with van der Waals surface area (Å²) in [6.45, 7) is 1.49. The van der Waals surface area contributed by atoms with Gasteiger partial charge in [0.2, 0.25) is 5.91 Å². The Morgan fingerprint density at radius 2 is 1.81 bits per heavy atom. The highest BCUT2D eigenvalue weighted by Crippen LogP contribution is 2.17. The van der Waals surface area contributed by atoms with Crippen molar-refractivity contribution in [2.75, 3.05) is 18.4 Å². The number of anilines is 1. The number of amides is 1. The lowest BCUT2D eigenvalue weighted by molar-refractivity contribution is -0.137. The van der Waals surface area contributed by atoms with Gasteiger partial charge in [-0.15, -0.1) is 0 Å². The number of rotatable bonds is 6. The Labute approximate surface area is 125 Å². The molecule has 0 aromatic heterocycles. The van der Waals surface area contributed by atoms with Crippen LogP contribution in [-0.4, -0.2) is 41.0 Å². The van der Waals surface area contributed by atoms with E-state index in [0.29, 0.717) is 18.9 Å². The second-order valence-electron chi connectivity index (χ2n) is 5.41. The fourth-order valence-corrected chi connectivity index (χ4v) is 2.59. The maximum Gasteiger partial charge on any atom is 0.303 e. The maximum absolute atomic E-state index is 12.0. The standard InChI is InChI=1S/C16H22N2O3/c19-15(7-4-8-16(20)21)18-11-9-14(10-12-18)17-13-5-2-1-3-6-13/h1-3,5-6,14,17H,4,7-12H2,(H,20,21). The third kappa shape index (κ3) is 5.10. The zero-order valence-corrected chi connectivity index (χ0v) is 12.1. The Morgan fingerprint density at radius 3 is 2.43 bits per heavy atom. The van der Waals surface area contributed by atoms with E-state index in [4.69, 9.17) is 5.11 Å². The van der Waals surface area contributed by atoms with Gasteiger partial charge >= 0.3 is 5.97 Å². The van der Waals surface area contributed by atoms with Gasteiger partial charge in [0, 0.05) is 37.7 Å². The van der Waals surface area contributed by atoms with Crippen molar-refractivity contribution in [3.05, 3.63) is 30.3 Å². The van der Waals surface area contributed by atoms with E-state index >= 15 is 0 Å². The topological polar surface area (TPSA) is 69.6 Å². The third-order valence-electron chi connectivity index (χ3n) is 3.77. The first-order chi connectivity index (χ1) is 10.1. The normalized spacial score (nSPS) is 15.7. The van der Waals surface area contributed by atoms with Crippen LogP contribution >= 0.6 is 0 Å². The minimum absolute atomic E-state index is 0.0672. The van der Waals surface area contributed by atoms with Crippen molar-refractivity contribution >= 4 is 17.6 Å². The SMILES string of the molecule is O=C(O)CCCC(=O)N1CCC(Nc2ccccc2)CC1. The predicted octanol–water partition coefficient (Wildman–Crippen LogP) is 2.34. The highest BCUT2D eigenvalue weighted by molar-refractivity contribution is 5.77. The van der Waals surface area contributed by atoms with Gasteiger partial charge < -0.3 is 15.3 Å². The Hall–Kier alpha value is -2.04. The van der Waals surface area contributed by atoms with E-state index in [-0.39, 0.29) is 12.3 Å². The molecule has 0 radical (unpaired) electrons. The van der Waals surface area contributed by atoms with Gasteiger partial charge in [-0.05, 0) is 31.4 Å². The first-order valence-corrected chi connectivity index (χ1v) is 7.46. The molecule has 1 aliphatic rings. The number of hydrogen-bond acceptors (Lipinski definition) is 3. The number of aliphatic carboxylic acids is 1. The fourth-order valence-electron chi connectivity index (χ4n) is 2.59.